The Labute approximate surface area is 88.9 Å². The van der Waals surface area contributed by atoms with Crippen molar-refractivity contribution in [1.82, 2.24) is 0 Å². The van der Waals surface area contributed by atoms with Crippen molar-refractivity contribution in [3.05, 3.63) is 0 Å². The SMILES string of the molecule is CC[Si](C#CC#CCCO)(CC)CC. The van der Waals surface area contributed by atoms with Crippen LogP contribution in [-0.4, -0.2) is 19.8 Å². The predicted octanol–water partition coefficient (Wildman–Crippen LogP) is 2.42. The largest absolute Gasteiger partial charge is 0.395 e. The minimum Gasteiger partial charge on any atom is -0.395 e. The minimum absolute atomic E-state index is 0.132. The molecule has 0 saturated carbocycles. The summed E-state index contributed by atoms with van der Waals surface area (Å²) in [6, 6.07) is 3.65. The van der Waals surface area contributed by atoms with Gasteiger partial charge in [0.25, 0.3) is 0 Å². The molecule has 2 heteroatoms. The lowest BCUT2D eigenvalue weighted by atomic mass is 10.4. The number of hydrogen-bond acceptors (Lipinski definition) is 1. The molecule has 0 bridgehead atoms. The van der Waals surface area contributed by atoms with Crippen LogP contribution in [0.25, 0.3) is 0 Å². The third-order valence-corrected chi connectivity index (χ3v) is 7.46. The van der Waals surface area contributed by atoms with E-state index < -0.39 is 8.07 Å². The predicted molar refractivity (Wildman–Crippen MR) is 64.5 cm³/mol. The van der Waals surface area contributed by atoms with Crippen LogP contribution >= 0.6 is 0 Å². The van der Waals surface area contributed by atoms with E-state index in [9.17, 15) is 0 Å². The van der Waals surface area contributed by atoms with Crippen LogP contribution in [-0.2, 0) is 0 Å². The van der Waals surface area contributed by atoms with Gasteiger partial charge in [0.05, 0.1) is 6.61 Å². The van der Waals surface area contributed by atoms with E-state index in [4.69, 9.17) is 5.11 Å². The van der Waals surface area contributed by atoms with E-state index in [0.717, 1.165) is 0 Å². The zero-order chi connectivity index (χ0) is 10.9. The van der Waals surface area contributed by atoms with Crippen molar-refractivity contribution in [2.75, 3.05) is 6.61 Å². The van der Waals surface area contributed by atoms with Gasteiger partial charge in [-0.15, -0.1) is 5.54 Å². The molecule has 0 aromatic carbocycles. The van der Waals surface area contributed by atoms with E-state index in [-0.39, 0.29) is 6.61 Å². The van der Waals surface area contributed by atoms with Crippen molar-refractivity contribution in [2.24, 2.45) is 0 Å². The second kappa shape index (κ2) is 7.68. The summed E-state index contributed by atoms with van der Waals surface area (Å²) < 4.78 is 0. The molecule has 0 aromatic heterocycles. The number of aliphatic hydroxyl groups is 1. The van der Waals surface area contributed by atoms with Crippen LogP contribution in [0.15, 0.2) is 0 Å². The van der Waals surface area contributed by atoms with Crippen molar-refractivity contribution in [3.63, 3.8) is 0 Å². The summed E-state index contributed by atoms with van der Waals surface area (Å²) in [5.74, 6) is 8.59. The Morgan fingerprint density at radius 2 is 1.57 bits per heavy atom. The maximum Gasteiger partial charge on any atom is 0.139 e. The molecule has 0 radical (unpaired) electrons. The molecule has 0 aromatic rings. The molecule has 0 unspecified atom stereocenters. The number of rotatable bonds is 4. The highest BCUT2D eigenvalue weighted by Crippen LogP contribution is 2.18. The highest BCUT2D eigenvalue weighted by atomic mass is 28.3. The van der Waals surface area contributed by atoms with Crippen molar-refractivity contribution in [3.8, 4) is 23.3 Å². The van der Waals surface area contributed by atoms with E-state index in [1.165, 1.54) is 18.1 Å². The lowest BCUT2D eigenvalue weighted by Crippen LogP contribution is -2.29. The Morgan fingerprint density at radius 1 is 1.00 bits per heavy atom. The van der Waals surface area contributed by atoms with Gasteiger partial charge in [-0.05, 0) is 30.0 Å². The summed E-state index contributed by atoms with van der Waals surface area (Å²) in [5.41, 5.74) is 3.37. The standard InChI is InChI=1S/C12H20OSi/c1-4-14(5-2,6-3)12-10-8-7-9-11-13/h13H,4-6,9,11H2,1-3H3. The number of hydrogen-bond donors (Lipinski definition) is 1. The van der Waals surface area contributed by atoms with E-state index >= 15 is 0 Å². The molecule has 0 amide bonds. The highest BCUT2D eigenvalue weighted by molar-refractivity contribution is 6.87. The Bertz CT molecular complexity index is 249. The van der Waals surface area contributed by atoms with Gasteiger partial charge in [0.15, 0.2) is 0 Å². The smallest absolute Gasteiger partial charge is 0.139 e. The molecule has 14 heavy (non-hydrogen) atoms. The Morgan fingerprint density at radius 3 is 2.00 bits per heavy atom. The van der Waals surface area contributed by atoms with Crippen molar-refractivity contribution in [1.29, 1.82) is 0 Å². The van der Waals surface area contributed by atoms with E-state index in [0.29, 0.717) is 6.42 Å². The van der Waals surface area contributed by atoms with Crippen LogP contribution in [0.3, 0.4) is 0 Å². The van der Waals surface area contributed by atoms with Gasteiger partial charge in [-0.2, -0.15) is 0 Å². The van der Waals surface area contributed by atoms with Gasteiger partial charge in [-0.3, -0.25) is 0 Å². The molecule has 1 nitrogen and oxygen atoms in total. The normalized spacial score (nSPS) is 9.71. The first kappa shape index (κ1) is 13.3. The van der Waals surface area contributed by atoms with Crippen LogP contribution in [0.5, 0.6) is 0 Å². The highest BCUT2D eigenvalue weighted by Gasteiger charge is 2.23. The lowest BCUT2D eigenvalue weighted by molar-refractivity contribution is 0.305. The fraction of sp³-hybridized carbons (Fsp3) is 0.667. The fourth-order valence-electron chi connectivity index (χ4n) is 1.34. The first-order valence-electron chi connectivity index (χ1n) is 5.35. The molecule has 0 fully saturated rings. The van der Waals surface area contributed by atoms with Crippen LogP contribution in [0, 0.1) is 23.3 Å². The van der Waals surface area contributed by atoms with Gasteiger partial charge in [0, 0.05) is 6.42 Å². The zero-order valence-corrected chi connectivity index (χ0v) is 10.5. The average Bonchev–Trinajstić information content (AvgIpc) is 2.24. The minimum atomic E-state index is -1.30. The van der Waals surface area contributed by atoms with Gasteiger partial charge in [0.1, 0.15) is 8.07 Å². The van der Waals surface area contributed by atoms with Gasteiger partial charge in [-0.1, -0.05) is 26.7 Å². The lowest BCUT2D eigenvalue weighted by Gasteiger charge is -2.19. The monoisotopic (exact) mass is 208 g/mol. The summed E-state index contributed by atoms with van der Waals surface area (Å²) in [5, 5.41) is 8.52. The number of aliphatic hydroxyl groups excluding tert-OH is 1. The summed E-state index contributed by atoms with van der Waals surface area (Å²) in [6.07, 6.45) is 0.535. The molecule has 0 saturated heterocycles. The molecule has 0 aliphatic rings. The first-order chi connectivity index (χ1) is 6.74. The van der Waals surface area contributed by atoms with Gasteiger partial charge in [0.2, 0.25) is 0 Å². The van der Waals surface area contributed by atoms with Gasteiger partial charge in [-0.25, -0.2) is 0 Å². The van der Waals surface area contributed by atoms with Crippen LogP contribution in [0.4, 0.5) is 0 Å². The maximum atomic E-state index is 8.52. The fourth-order valence-corrected chi connectivity index (χ4v) is 3.70. The molecule has 78 valence electrons. The summed E-state index contributed by atoms with van der Waals surface area (Å²) in [6.45, 7) is 6.83. The molecule has 0 rings (SSSR count). The quantitative estimate of drug-likeness (QED) is 0.556. The topological polar surface area (TPSA) is 20.2 Å². The van der Waals surface area contributed by atoms with Crippen LogP contribution < -0.4 is 0 Å². The molecular formula is C12H20OSi. The van der Waals surface area contributed by atoms with E-state index in [1.807, 2.05) is 0 Å². The third kappa shape index (κ3) is 4.51. The molecule has 0 atom stereocenters. The summed E-state index contributed by atoms with van der Waals surface area (Å²) >= 11 is 0. The Hall–Kier alpha value is -0.703. The molecule has 1 N–H and O–H groups in total. The van der Waals surface area contributed by atoms with Crippen LogP contribution in [0.2, 0.25) is 18.1 Å². The summed E-state index contributed by atoms with van der Waals surface area (Å²) in [7, 11) is -1.30. The van der Waals surface area contributed by atoms with Crippen molar-refractivity contribution >= 4 is 8.07 Å². The molecule has 0 heterocycles. The first-order valence-corrected chi connectivity index (χ1v) is 7.97. The van der Waals surface area contributed by atoms with Crippen molar-refractivity contribution in [2.45, 2.75) is 45.3 Å². The second-order valence-corrected chi connectivity index (χ2v) is 8.30. The Kier molecular flexibility index (Phi) is 7.29. The maximum absolute atomic E-state index is 8.52. The molecular weight excluding hydrogens is 188 g/mol. The van der Waals surface area contributed by atoms with E-state index in [1.54, 1.807) is 0 Å². The van der Waals surface area contributed by atoms with Crippen molar-refractivity contribution < 1.29 is 5.11 Å². The zero-order valence-electron chi connectivity index (χ0n) is 9.48. The summed E-state index contributed by atoms with van der Waals surface area (Å²) in [4.78, 5) is 0. The average molecular weight is 208 g/mol. The third-order valence-electron chi connectivity index (χ3n) is 2.75. The van der Waals surface area contributed by atoms with Gasteiger partial charge < -0.3 is 5.11 Å². The molecule has 0 aliphatic carbocycles. The van der Waals surface area contributed by atoms with Gasteiger partial charge >= 0.3 is 0 Å². The molecule has 0 aliphatic heterocycles. The molecule has 0 spiro atoms. The Balaban J connectivity index is 4.37. The second-order valence-electron chi connectivity index (χ2n) is 3.37. The van der Waals surface area contributed by atoms with Crippen LogP contribution in [0.1, 0.15) is 27.2 Å². The van der Waals surface area contributed by atoms with E-state index in [2.05, 4.69) is 44.1 Å².